The molecule has 0 aliphatic rings. The van der Waals surface area contributed by atoms with E-state index in [1.807, 2.05) is 6.07 Å². The summed E-state index contributed by atoms with van der Waals surface area (Å²) in [6, 6.07) is 5.17. The first-order chi connectivity index (χ1) is 11.8. The van der Waals surface area contributed by atoms with Gasteiger partial charge in [0.15, 0.2) is 5.69 Å². The van der Waals surface area contributed by atoms with E-state index in [1.54, 1.807) is 26.0 Å². The molecule has 7 nitrogen and oxygen atoms in total. The molecule has 2 N–H and O–H groups in total. The summed E-state index contributed by atoms with van der Waals surface area (Å²) in [6.45, 7) is 3.76. The number of aryl methyl sites for hydroxylation is 1. The van der Waals surface area contributed by atoms with Crippen LogP contribution in [0.1, 0.15) is 38.9 Å². The maximum atomic E-state index is 12.1. The molecule has 130 valence electrons. The van der Waals surface area contributed by atoms with E-state index in [1.165, 1.54) is 17.9 Å². The van der Waals surface area contributed by atoms with Gasteiger partial charge in [0, 0.05) is 10.7 Å². The zero-order chi connectivity index (χ0) is 18.7. The first-order valence-electron chi connectivity index (χ1n) is 7.32. The van der Waals surface area contributed by atoms with Crippen LogP contribution in [0.15, 0.2) is 22.8 Å². The van der Waals surface area contributed by atoms with Gasteiger partial charge in [-0.15, -0.1) is 0 Å². The number of carbonyl (C=O) groups excluding carboxylic acids is 2. The molecule has 25 heavy (non-hydrogen) atoms. The van der Waals surface area contributed by atoms with Crippen molar-refractivity contribution in [2.24, 2.45) is 0 Å². The largest absolute Gasteiger partial charge is 0.464 e. The predicted octanol–water partition coefficient (Wildman–Crippen LogP) is 2.97. The van der Waals surface area contributed by atoms with Crippen molar-refractivity contribution in [1.82, 2.24) is 4.57 Å². The zero-order valence-electron chi connectivity index (χ0n) is 13.9. The van der Waals surface area contributed by atoms with Crippen molar-refractivity contribution in [2.75, 3.05) is 19.5 Å². The summed E-state index contributed by atoms with van der Waals surface area (Å²) in [5.74, 6) is -1.12. The number of nitrogens with zero attached hydrogens (tertiary/aromatic N) is 2. The molecular weight excluding hydrogens is 390 g/mol. The Morgan fingerprint density at radius 3 is 2.56 bits per heavy atom. The Labute approximate surface area is 153 Å². The number of esters is 2. The van der Waals surface area contributed by atoms with E-state index < -0.39 is 11.9 Å². The van der Waals surface area contributed by atoms with Crippen molar-refractivity contribution in [3.8, 4) is 11.8 Å². The van der Waals surface area contributed by atoms with Crippen molar-refractivity contribution in [2.45, 2.75) is 13.8 Å². The molecule has 1 aromatic carbocycles. The number of anilines is 1. The third-order valence-electron chi connectivity index (χ3n) is 3.55. The normalized spacial score (nSPS) is 10.2. The molecule has 0 saturated carbocycles. The first-order valence-corrected chi connectivity index (χ1v) is 8.11. The average Bonchev–Trinajstić information content (AvgIpc) is 2.90. The van der Waals surface area contributed by atoms with Crippen molar-refractivity contribution in [1.29, 1.82) is 5.26 Å². The Balaban J connectivity index is 2.69. The second-order valence-electron chi connectivity index (χ2n) is 5.12. The van der Waals surface area contributed by atoms with Crippen molar-refractivity contribution in [3.63, 3.8) is 0 Å². The van der Waals surface area contributed by atoms with Gasteiger partial charge in [-0.25, -0.2) is 9.59 Å². The number of benzene rings is 1. The SMILES string of the molecule is CCOC(=O)c1cc(C)c(-n2cc(C#N)c(N)c2C(=O)OC)c(Br)c1. The summed E-state index contributed by atoms with van der Waals surface area (Å²) in [4.78, 5) is 24.1. The molecule has 0 unspecified atom stereocenters. The molecule has 0 amide bonds. The fourth-order valence-corrected chi connectivity index (χ4v) is 3.22. The second-order valence-corrected chi connectivity index (χ2v) is 5.98. The second kappa shape index (κ2) is 7.40. The Bertz CT molecular complexity index is 873. The van der Waals surface area contributed by atoms with Crippen molar-refractivity contribution in [3.05, 3.63) is 45.2 Å². The molecule has 8 heteroatoms. The molecule has 1 aromatic heterocycles. The number of aromatic nitrogens is 1. The fraction of sp³-hybridized carbons (Fsp3) is 0.235. The lowest BCUT2D eigenvalue weighted by Gasteiger charge is -2.15. The van der Waals surface area contributed by atoms with Crippen LogP contribution in [-0.2, 0) is 9.47 Å². The van der Waals surface area contributed by atoms with Crippen molar-refractivity contribution < 1.29 is 19.1 Å². The van der Waals surface area contributed by atoms with Gasteiger partial charge in [-0.05, 0) is 47.5 Å². The smallest absolute Gasteiger partial charge is 0.357 e. The highest BCUT2D eigenvalue weighted by molar-refractivity contribution is 9.10. The highest BCUT2D eigenvalue weighted by Crippen LogP contribution is 2.32. The number of nitriles is 1. The summed E-state index contributed by atoms with van der Waals surface area (Å²) in [5.41, 5.74) is 7.78. The molecule has 1 heterocycles. The molecule has 0 bridgehead atoms. The molecule has 0 radical (unpaired) electrons. The number of nitrogen functional groups attached to an aromatic ring is 1. The van der Waals surface area contributed by atoms with E-state index >= 15 is 0 Å². The quantitative estimate of drug-likeness (QED) is 0.783. The number of hydrogen-bond donors (Lipinski definition) is 1. The van der Waals surface area contributed by atoms with Crippen LogP contribution in [0.4, 0.5) is 5.69 Å². The lowest BCUT2D eigenvalue weighted by molar-refractivity contribution is 0.0524. The van der Waals surface area contributed by atoms with Crippen LogP contribution in [0.3, 0.4) is 0 Å². The molecule has 0 aliphatic carbocycles. The van der Waals surface area contributed by atoms with Crippen LogP contribution >= 0.6 is 15.9 Å². The van der Waals surface area contributed by atoms with Crippen LogP contribution in [0.5, 0.6) is 0 Å². The third kappa shape index (κ3) is 3.37. The average molecular weight is 406 g/mol. The Kier molecular flexibility index (Phi) is 5.49. The summed E-state index contributed by atoms with van der Waals surface area (Å²) in [7, 11) is 1.23. The van der Waals surface area contributed by atoms with E-state index in [4.69, 9.17) is 15.2 Å². The summed E-state index contributed by atoms with van der Waals surface area (Å²) in [6.07, 6.45) is 1.46. The Morgan fingerprint density at radius 2 is 2.04 bits per heavy atom. The zero-order valence-corrected chi connectivity index (χ0v) is 15.5. The highest BCUT2D eigenvalue weighted by Gasteiger charge is 2.24. The molecule has 0 aliphatic heterocycles. The monoisotopic (exact) mass is 405 g/mol. The summed E-state index contributed by atoms with van der Waals surface area (Å²) in [5, 5.41) is 9.20. The number of rotatable bonds is 4. The van der Waals surface area contributed by atoms with Crippen LogP contribution in [-0.4, -0.2) is 30.2 Å². The van der Waals surface area contributed by atoms with Crippen LogP contribution in [0, 0.1) is 18.3 Å². The van der Waals surface area contributed by atoms with E-state index in [2.05, 4.69) is 15.9 Å². The van der Waals surface area contributed by atoms with Crippen LogP contribution in [0.25, 0.3) is 5.69 Å². The standard InChI is InChI=1S/C17H16BrN3O4/c1-4-25-16(22)10-5-9(2)14(12(18)6-10)21-8-11(7-19)13(20)15(21)17(23)24-3/h5-6,8H,4,20H2,1-3H3. The van der Waals surface area contributed by atoms with E-state index in [0.717, 1.165) is 0 Å². The molecule has 0 fully saturated rings. The lowest BCUT2D eigenvalue weighted by Crippen LogP contribution is -2.13. The lowest BCUT2D eigenvalue weighted by atomic mass is 10.1. The number of carbonyl (C=O) groups is 2. The van der Waals surface area contributed by atoms with Gasteiger partial charge in [-0.1, -0.05) is 0 Å². The van der Waals surface area contributed by atoms with Gasteiger partial charge in [0.2, 0.25) is 0 Å². The highest BCUT2D eigenvalue weighted by atomic mass is 79.9. The predicted molar refractivity (Wildman–Crippen MR) is 94.6 cm³/mol. The molecule has 2 rings (SSSR count). The van der Waals surface area contributed by atoms with Gasteiger partial charge in [-0.2, -0.15) is 5.26 Å². The topological polar surface area (TPSA) is 107 Å². The van der Waals surface area contributed by atoms with E-state index in [0.29, 0.717) is 21.3 Å². The van der Waals surface area contributed by atoms with Crippen LogP contribution in [0.2, 0.25) is 0 Å². The summed E-state index contributed by atoms with van der Waals surface area (Å²) >= 11 is 3.41. The van der Waals surface area contributed by atoms with Gasteiger partial charge in [0.25, 0.3) is 0 Å². The van der Waals surface area contributed by atoms with Gasteiger partial charge in [0.05, 0.1) is 36.2 Å². The van der Waals surface area contributed by atoms with E-state index in [9.17, 15) is 14.9 Å². The minimum absolute atomic E-state index is 0.0371. The van der Waals surface area contributed by atoms with Gasteiger partial charge in [-0.3, -0.25) is 0 Å². The third-order valence-corrected chi connectivity index (χ3v) is 4.15. The fourth-order valence-electron chi connectivity index (χ4n) is 2.46. The Hall–Kier alpha value is -2.79. The molecule has 0 spiro atoms. The number of methoxy groups -OCH3 is 1. The first kappa shape index (κ1) is 18.5. The van der Waals surface area contributed by atoms with Crippen molar-refractivity contribution >= 4 is 33.6 Å². The molecule has 0 atom stereocenters. The van der Waals surface area contributed by atoms with E-state index in [-0.39, 0.29) is 23.6 Å². The summed E-state index contributed by atoms with van der Waals surface area (Å²) < 4.78 is 11.8. The molecular formula is C17H16BrN3O4. The minimum atomic E-state index is -0.667. The maximum Gasteiger partial charge on any atom is 0.357 e. The molecule has 0 saturated heterocycles. The van der Waals surface area contributed by atoms with Gasteiger partial charge < -0.3 is 19.8 Å². The van der Waals surface area contributed by atoms with Gasteiger partial charge in [0.1, 0.15) is 6.07 Å². The minimum Gasteiger partial charge on any atom is -0.464 e. The maximum absolute atomic E-state index is 12.1. The van der Waals surface area contributed by atoms with Gasteiger partial charge >= 0.3 is 11.9 Å². The number of ether oxygens (including phenoxy) is 2. The Morgan fingerprint density at radius 1 is 1.36 bits per heavy atom. The number of halogens is 1. The molecule has 2 aromatic rings. The van der Waals surface area contributed by atoms with Crippen LogP contribution < -0.4 is 5.73 Å². The number of hydrogen-bond acceptors (Lipinski definition) is 6. The number of nitrogens with two attached hydrogens (primary N) is 1.